The van der Waals surface area contributed by atoms with E-state index in [1.807, 2.05) is 84.9 Å². The van der Waals surface area contributed by atoms with Gasteiger partial charge in [0.1, 0.15) is 16.0 Å². The standard InChI is InChI=1S/C22H16N2O2S/c25-22(26)20(16-11-5-2-6-12-16)27-21-18-14-8-7-13-17(18)19(23-24-21)15-9-3-1-4-10-15/h1-14,20H,(H,25,26). The summed E-state index contributed by atoms with van der Waals surface area (Å²) in [5, 5.41) is 20.3. The van der Waals surface area contributed by atoms with Crippen molar-refractivity contribution in [3.05, 3.63) is 90.5 Å². The number of hydrogen-bond donors (Lipinski definition) is 1. The van der Waals surface area contributed by atoms with Gasteiger partial charge < -0.3 is 5.11 Å². The number of thioether (sulfide) groups is 1. The molecule has 0 radical (unpaired) electrons. The Labute approximate surface area is 160 Å². The lowest BCUT2D eigenvalue weighted by Crippen LogP contribution is -2.08. The molecule has 1 N–H and O–H groups in total. The predicted molar refractivity (Wildman–Crippen MR) is 108 cm³/mol. The molecule has 0 aliphatic heterocycles. The predicted octanol–water partition coefficient (Wildman–Crippen LogP) is 5.21. The average molecular weight is 372 g/mol. The SMILES string of the molecule is O=C(O)C(Sc1nnc(-c2ccccc2)c2ccccc12)c1ccccc1. The van der Waals surface area contributed by atoms with Crippen molar-refractivity contribution in [1.82, 2.24) is 10.2 Å². The molecule has 4 nitrogen and oxygen atoms in total. The van der Waals surface area contributed by atoms with Crippen LogP contribution in [0.1, 0.15) is 10.8 Å². The van der Waals surface area contributed by atoms with Gasteiger partial charge in [0.2, 0.25) is 0 Å². The van der Waals surface area contributed by atoms with Crippen molar-refractivity contribution in [2.24, 2.45) is 0 Å². The Kier molecular flexibility index (Phi) is 4.85. The van der Waals surface area contributed by atoms with Crippen molar-refractivity contribution in [3.8, 4) is 11.3 Å². The van der Waals surface area contributed by atoms with Crippen LogP contribution in [0.2, 0.25) is 0 Å². The fourth-order valence-corrected chi connectivity index (χ4v) is 3.99. The van der Waals surface area contributed by atoms with Crippen molar-refractivity contribution in [3.63, 3.8) is 0 Å². The van der Waals surface area contributed by atoms with Gasteiger partial charge in [0.15, 0.2) is 0 Å². The maximum atomic E-state index is 11.9. The highest BCUT2D eigenvalue weighted by Crippen LogP contribution is 2.39. The summed E-state index contributed by atoms with van der Waals surface area (Å²) < 4.78 is 0. The highest BCUT2D eigenvalue weighted by Gasteiger charge is 2.23. The fourth-order valence-electron chi connectivity index (χ4n) is 2.98. The number of carboxylic acid groups (broad SMARTS) is 1. The molecule has 0 amide bonds. The number of aromatic nitrogens is 2. The van der Waals surface area contributed by atoms with E-state index in [0.717, 1.165) is 27.6 Å². The Morgan fingerprint density at radius 2 is 1.37 bits per heavy atom. The van der Waals surface area contributed by atoms with Crippen molar-refractivity contribution in [2.75, 3.05) is 0 Å². The zero-order valence-corrected chi connectivity index (χ0v) is 15.1. The van der Waals surface area contributed by atoms with E-state index in [1.165, 1.54) is 11.8 Å². The third kappa shape index (κ3) is 3.55. The van der Waals surface area contributed by atoms with Crippen LogP contribution >= 0.6 is 11.8 Å². The van der Waals surface area contributed by atoms with Gasteiger partial charge in [0, 0.05) is 16.3 Å². The number of hydrogen-bond acceptors (Lipinski definition) is 4. The molecule has 0 saturated heterocycles. The number of carbonyl (C=O) groups is 1. The molecule has 4 aromatic rings. The molecule has 4 rings (SSSR count). The lowest BCUT2D eigenvalue weighted by Gasteiger charge is -2.14. The van der Waals surface area contributed by atoms with Crippen LogP contribution in [0.3, 0.4) is 0 Å². The van der Waals surface area contributed by atoms with E-state index >= 15 is 0 Å². The second-order valence-corrected chi connectivity index (χ2v) is 7.11. The molecule has 1 aromatic heterocycles. The minimum absolute atomic E-state index is 0.613. The van der Waals surface area contributed by atoms with Crippen LogP contribution < -0.4 is 0 Å². The molecule has 0 spiro atoms. The summed E-state index contributed by atoms with van der Waals surface area (Å²) in [4.78, 5) is 11.9. The molecule has 3 aromatic carbocycles. The van der Waals surface area contributed by atoms with Crippen LogP contribution in [0.15, 0.2) is 90.0 Å². The largest absolute Gasteiger partial charge is 0.480 e. The van der Waals surface area contributed by atoms with E-state index in [0.29, 0.717) is 5.03 Å². The van der Waals surface area contributed by atoms with Crippen LogP contribution in [0.25, 0.3) is 22.0 Å². The van der Waals surface area contributed by atoms with E-state index in [4.69, 9.17) is 0 Å². The number of nitrogens with zero attached hydrogens (tertiary/aromatic N) is 2. The second kappa shape index (κ2) is 7.60. The first-order valence-electron chi connectivity index (χ1n) is 8.49. The second-order valence-electron chi connectivity index (χ2n) is 6.01. The average Bonchev–Trinajstić information content (AvgIpc) is 2.73. The number of carboxylic acids is 1. The molecule has 0 aliphatic carbocycles. The first kappa shape index (κ1) is 17.2. The molecule has 0 saturated carbocycles. The van der Waals surface area contributed by atoms with Gasteiger partial charge in [-0.05, 0) is 5.56 Å². The third-order valence-electron chi connectivity index (χ3n) is 4.26. The van der Waals surface area contributed by atoms with Gasteiger partial charge in [0.05, 0.1) is 0 Å². The van der Waals surface area contributed by atoms with Crippen molar-refractivity contribution < 1.29 is 9.90 Å². The molecule has 132 valence electrons. The lowest BCUT2D eigenvalue weighted by molar-refractivity contribution is -0.136. The van der Waals surface area contributed by atoms with Crippen molar-refractivity contribution in [2.45, 2.75) is 10.3 Å². The monoisotopic (exact) mass is 372 g/mol. The fraction of sp³-hybridized carbons (Fsp3) is 0.0455. The molecule has 1 atom stereocenters. The van der Waals surface area contributed by atoms with Gasteiger partial charge in [0.25, 0.3) is 0 Å². The summed E-state index contributed by atoms with van der Waals surface area (Å²) in [6, 6.07) is 26.9. The van der Waals surface area contributed by atoms with E-state index < -0.39 is 11.2 Å². The summed E-state index contributed by atoms with van der Waals surface area (Å²) in [7, 11) is 0. The maximum absolute atomic E-state index is 11.9. The maximum Gasteiger partial charge on any atom is 0.321 e. The zero-order chi connectivity index (χ0) is 18.6. The summed E-state index contributed by atoms with van der Waals surface area (Å²) >= 11 is 1.21. The molecule has 0 bridgehead atoms. The van der Waals surface area contributed by atoms with Gasteiger partial charge in [-0.2, -0.15) is 0 Å². The Bertz CT molecular complexity index is 1090. The molecule has 27 heavy (non-hydrogen) atoms. The smallest absolute Gasteiger partial charge is 0.321 e. The summed E-state index contributed by atoms with van der Waals surface area (Å²) in [5.74, 6) is -0.899. The Hall–Kier alpha value is -3.18. The summed E-state index contributed by atoms with van der Waals surface area (Å²) in [6.45, 7) is 0. The molecule has 1 unspecified atom stereocenters. The number of benzene rings is 3. The van der Waals surface area contributed by atoms with Gasteiger partial charge in [-0.1, -0.05) is 96.7 Å². The normalized spacial score (nSPS) is 12.0. The topological polar surface area (TPSA) is 63.1 Å². The van der Waals surface area contributed by atoms with Crippen LogP contribution in [0.5, 0.6) is 0 Å². The van der Waals surface area contributed by atoms with E-state index in [2.05, 4.69) is 10.2 Å². The molecule has 5 heteroatoms. The minimum Gasteiger partial charge on any atom is -0.480 e. The first-order valence-corrected chi connectivity index (χ1v) is 9.37. The lowest BCUT2D eigenvalue weighted by atomic mass is 10.1. The minimum atomic E-state index is -0.899. The quantitative estimate of drug-likeness (QED) is 0.487. The molecular weight excluding hydrogens is 356 g/mol. The highest BCUT2D eigenvalue weighted by molar-refractivity contribution is 8.00. The molecule has 1 heterocycles. The molecule has 0 fully saturated rings. The Balaban J connectivity index is 1.80. The van der Waals surface area contributed by atoms with Gasteiger partial charge in [-0.15, -0.1) is 10.2 Å². The molecular formula is C22H16N2O2S. The number of aliphatic carboxylic acids is 1. The van der Waals surface area contributed by atoms with Crippen LogP contribution in [-0.2, 0) is 4.79 Å². The van der Waals surface area contributed by atoms with Gasteiger partial charge >= 0.3 is 5.97 Å². The Morgan fingerprint density at radius 1 is 0.778 bits per heavy atom. The van der Waals surface area contributed by atoms with Crippen LogP contribution in [-0.4, -0.2) is 21.3 Å². The van der Waals surface area contributed by atoms with Gasteiger partial charge in [-0.3, -0.25) is 4.79 Å². The highest BCUT2D eigenvalue weighted by atomic mass is 32.2. The third-order valence-corrected chi connectivity index (χ3v) is 5.49. The Morgan fingerprint density at radius 3 is 2.04 bits per heavy atom. The van der Waals surface area contributed by atoms with Crippen molar-refractivity contribution in [1.29, 1.82) is 0 Å². The van der Waals surface area contributed by atoms with Gasteiger partial charge in [-0.25, -0.2) is 0 Å². The number of fused-ring (bicyclic) bond motifs is 1. The first-order chi connectivity index (χ1) is 13.2. The van der Waals surface area contributed by atoms with Crippen LogP contribution in [0, 0.1) is 0 Å². The van der Waals surface area contributed by atoms with E-state index in [9.17, 15) is 9.90 Å². The number of rotatable bonds is 5. The van der Waals surface area contributed by atoms with E-state index in [-0.39, 0.29) is 0 Å². The van der Waals surface area contributed by atoms with Crippen LogP contribution in [0.4, 0.5) is 0 Å². The zero-order valence-electron chi connectivity index (χ0n) is 14.3. The van der Waals surface area contributed by atoms with Crippen molar-refractivity contribution >= 4 is 28.5 Å². The molecule has 0 aliphatic rings. The summed E-state index contributed by atoms with van der Waals surface area (Å²) in [6.07, 6.45) is 0. The summed E-state index contributed by atoms with van der Waals surface area (Å²) in [5.41, 5.74) is 2.51. The van der Waals surface area contributed by atoms with E-state index in [1.54, 1.807) is 0 Å².